The highest BCUT2D eigenvalue weighted by Gasteiger charge is 2.22. The number of nitrogens with zero attached hydrogens (tertiary/aromatic N) is 4. The summed E-state index contributed by atoms with van der Waals surface area (Å²) >= 11 is 5.80. The Labute approximate surface area is 138 Å². The Bertz CT molecular complexity index is 719. The van der Waals surface area contributed by atoms with Crippen molar-refractivity contribution < 1.29 is 14.4 Å². The van der Waals surface area contributed by atoms with Crippen LogP contribution >= 0.6 is 11.6 Å². The van der Waals surface area contributed by atoms with Gasteiger partial charge in [0.1, 0.15) is 18.1 Å². The lowest BCUT2D eigenvalue weighted by Gasteiger charge is -2.20. The Morgan fingerprint density at radius 3 is 2.65 bits per heavy atom. The van der Waals surface area contributed by atoms with Crippen molar-refractivity contribution >= 4 is 34.8 Å². The molecule has 0 amide bonds. The van der Waals surface area contributed by atoms with Crippen LogP contribution in [0.25, 0.3) is 0 Å². The Balaban J connectivity index is 2.49. The average molecular weight is 335 g/mol. The molecule has 0 aliphatic rings. The highest BCUT2D eigenvalue weighted by Crippen LogP contribution is 2.25. The molecule has 2 heterocycles. The van der Waals surface area contributed by atoms with Crippen LogP contribution in [0.2, 0.25) is 5.15 Å². The molecule has 0 aliphatic carbocycles. The monoisotopic (exact) mass is 334 g/mol. The lowest BCUT2D eigenvalue weighted by molar-refractivity contribution is -0.132. The van der Waals surface area contributed by atoms with E-state index in [0.717, 1.165) is 5.69 Å². The van der Waals surface area contributed by atoms with Crippen molar-refractivity contribution in [1.29, 1.82) is 0 Å². The first-order chi connectivity index (χ1) is 11.1. The number of halogens is 1. The zero-order valence-corrected chi connectivity index (χ0v) is 13.6. The molecule has 2 aromatic rings. The van der Waals surface area contributed by atoms with Crippen molar-refractivity contribution in [3.8, 4) is 0 Å². The fourth-order valence-electron chi connectivity index (χ4n) is 1.92. The van der Waals surface area contributed by atoms with Crippen molar-refractivity contribution in [1.82, 2.24) is 9.97 Å². The minimum absolute atomic E-state index is 0.0203. The van der Waals surface area contributed by atoms with E-state index in [1.807, 2.05) is 0 Å². The summed E-state index contributed by atoms with van der Waals surface area (Å²) in [4.78, 5) is 26.8. The number of ether oxygens (including phenoxy) is 1. The number of pyridine rings is 2. The number of hydrogen-bond donors (Lipinski definition) is 0. The third-order valence-corrected chi connectivity index (χ3v) is 3.24. The normalized spacial score (nSPS) is 11.0. The van der Waals surface area contributed by atoms with E-state index in [0.29, 0.717) is 16.5 Å². The lowest BCUT2D eigenvalue weighted by atomic mass is 10.1. The van der Waals surface area contributed by atoms with Crippen LogP contribution in [0.1, 0.15) is 5.56 Å². The third-order valence-electron chi connectivity index (χ3n) is 3.02. The van der Waals surface area contributed by atoms with Gasteiger partial charge in [-0.1, -0.05) is 16.8 Å². The van der Waals surface area contributed by atoms with Crippen molar-refractivity contribution in [3.63, 3.8) is 0 Å². The van der Waals surface area contributed by atoms with Crippen LogP contribution in [-0.2, 0) is 14.4 Å². The molecule has 0 N–H and O–H groups in total. The standard InChI is InChI=1S/C15H15ClN4O3/c1-20(10-6-7-12(16)18-9-10)14-11(5-4-8-17-14)13(19-23-3)15(21)22-2/h4-9H,1-3H3. The number of esters is 1. The Morgan fingerprint density at radius 2 is 2.04 bits per heavy atom. The number of carbonyl (C=O) groups is 1. The molecule has 23 heavy (non-hydrogen) atoms. The van der Waals surface area contributed by atoms with Gasteiger partial charge in [0.2, 0.25) is 0 Å². The van der Waals surface area contributed by atoms with Crippen LogP contribution in [0.4, 0.5) is 11.5 Å². The number of anilines is 2. The second-order valence-electron chi connectivity index (χ2n) is 4.39. The van der Waals surface area contributed by atoms with Gasteiger partial charge >= 0.3 is 5.97 Å². The zero-order valence-electron chi connectivity index (χ0n) is 12.9. The fourth-order valence-corrected chi connectivity index (χ4v) is 2.03. The molecule has 0 fully saturated rings. The molecule has 0 aromatic carbocycles. The number of oxime groups is 1. The van der Waals surface area contributed by atoms with E-state index in [-0.39, 0.29) is 5.71 Å². The summed E-state index contributed by atoms with van der Waals surface area (Å²) in [5.41, 5.74) is 1.24. The Morgan fingerprint density at radius 1 is 1.26 bits per heavy atom. The minimum atomic E-state index is -0.622. The summed E-state index contributed by atoms with van der Waals surface area (Å²) in [7, 11) is 4.42. The molecule has 0 aliphatic heterocycles. The quantitative estimate of drug-likeness (QED) is 0.362. The first-order valence-electron chi connectivity index (χ1n) is 6.58. The largest absolute Gasteiger partial charge is 0.464 e. The van der Waals surface area contributed by atoms with Gasteiger partial charge in [-0.05, 0) is 24.3 Å². The van der Waals surface area contributed by atoms with Crippen LogP contribution in [0, 0.1) is 0 Å². The highest BCUT2D eigenvalue weighted by atomic mass is 35.5. The number of aromatic nitrogens is 2. The van der Waals surface area contributed by atoms with E-state index in [2.05, 4.69) is 15.1 Å². The second-order valence-corrected chi connectivity index (χ2v) is 4.77. The van der Waals surface area contributed by atoms with Gasteiger partial charge in [0.05, 0.1) is 24.6 Å². The number of hydrogen-bond acceptors (Lipinski definition) is 7. The molecule has 0 radical (unpaired) electrons. The molecule has 0 bridgehead atoms. The van der Waals surface area contributed by atoms with E-state index in [4.69, 9.17) is 21.2 Å². The zero-order chi connectivity index (χ0) is 16.8. The topological polar surface area (TPSA) is 76.9 Å². The van der Waals surface area contributed by atoms with Crippen LogP contribution < -0.4 is 4.90 Å². The summed E-state index contributed by atoms with van der Waals surface area (Å²) in [5.74, 6) is -0.124. The Hall–Kier alpha value is -2.67. The maximum Gasteiger partial charge on any atom is 0.360 e. The van der Waals surface area contributed by atoms with Gasteiger partial charge in [-0.3, -0.25) is 0 Å². The first kappa shape index (κ1) is 16.7. The summed E-state index contributed by atoms with van der Waals surface area (Å²) in [5, 5.41) is 4.14. The van der Waals surface area contributed by atoms with Crippen molar-refractivity contribution in [2.75, 3.05) is 26.2 Å². The maximum atomic E-state index is 11.9. The molecule has 0 atom stereocenters. The smallest absolute Gasteiger partial charge is 0.360 e. The van der Waals surface area contributed by atoms with Gasteiger partial charge in [0.25, 0.3) is 0 Å². The molecule has 0 saturated carbocycles. The van der Waals surface area contributed by atoms with Gasteiger partial charge in [-0.15, -0.1) is 0 Å². The van der Waals surface area contributed by atoms with Gasteiger partial charge in [-0.2, -0.15) is 0 Å². The lowest BCUT2D eigenvalue weighted by Crippen LogP contribution is -2.22. The molecule has 2 rings (SSSR count). The van der Waals surface area contributed by atoms with E-state index in [1.165, 1.54) is 14.2 Å². The maximum absolute atomic E-state index is 11.9. The van der Waals surface area contributed by atoms with E-state index >= 15 is 0 Å². The summed E-state index contributed by atoms with van der Waals surface area (Å²) < 4.78 is 4.75. The van der Waals surface area contributed by atoms with Gasteiger partial charge in [-0.25, -0.2) is 14.8 Å². The van der Waals surface area contributed by atoms with Gasteiger partial charge in [0, 0.05) is 13.2 Å². The van der Waals surface area contributed by atoms with Crippen LogP contribution in [0.5, 0.6) is 0 Å². The molecule has 0 saturated heterocycles. The average Bonchev–Trinajstić information content (AvgIpc) is 2.59. The number of carbonyl (C=O) groups excluding carboxylic acids is 1. The van der Waals surface area contributed by atoms with Crippen LogP contribution in [0.3, 0.4) is 0 Å². The molecule has 8 heteroatoms. The Kier molecular flexibility index (Phi) is 5.48. The summed E-state index contributed by atoms with van der Waals surface area (Å²) in [6.07, 6.45) is 3.21. The van der Waals surface area contributed by atoms with E-state index in [9.17, 15) is 4.79 Å². The SMILES string of the molecule is CON=C(C(=O)OC)c1cccnc1N(C)c1ccc(Cl)nc1. The van der Waals surface area contributed by atoms with E-state index in [1.54, 1.807) is 48.6 Å². The molecular formula is C15H15ClN4O3. The van der Waals surface area contributed by atoms with Gasteiger partial charge < -0.3 is 14.5 Å². The molecule has 0 unspecified atom stereocenters. The molecule has 7 nitrogen and oxygen atoms in total. The van der Waals surface area contributed by atoms with Crippen molar-refractivity contribution in [3.05, 3.63) is 47.4 Å². The fraction of sp³-hybridized carbons (Fsp3) is 0.200. The van der Waals surface area contributed by atoms with Crippen LogP contribution in [0.15, 0.2) is 41.8 Å². The number of methoxy groups -OCH3 is 1. The minimum Gasteiger partial charge on any atom is -0.464 e. The summed E-state index contributed by atoms with van der Waals surface area (Å²) in [6, 6.07) is 6.86. The molecule has 0 spiro atoms. The summed E-state index contributed by atoms with van der Waals surface area (Å²) in [6.45, 7) is 0. The van der Waals surface area contributed by atoms with Crippen molar-refractivity contribution in [2.24, 2.45) is 5.16 Å². The second kappa shape index (κ2) is 7.55. The third kappa shape index (κ3) is 3.75. The number of rotatable bonds is 5. The molecule has 2 aromatic heterocycles. The molecule has 120 valence electrons. The van der Waals surface area contributed by atoms with Crippen LogP contribution in [-0.4, -0.2) is 42.9 Å². The first-order valence-corrected chi connectivity index (χ1v) is 6.96. The highest BCUT2D eigenvalue weighted by molar-refractivity contribution is 6.44. The predicted molar refractivity (Wildman–Crippen MR) is 87.1 cm³/mol. The predicted octanol–water partition coefficient (Wildman–Crippen LogP) is 2.42. The van der Waals surface area contributed by atoms with Gasteiger partial charge in [0.15, 0.2) is 5.71 Å². The van der Waals surface area contributed by atoms with E-state index < -0.39 is 5.97 Å². The molecular weight excluding hydrogens is 320 g/mol. The van der Waals surface area contributed by atoms with Crippen molar-refractivity contribution in [2.45, 2.75) is 0 Å².